The van der Waals surface area contributed by atoms with Gasteiger partial charge in [0, 0.05) is 6.21 Å². The molecule has 0 aliphatic carbocycles. The van der Waals surface area contributed by atoms with Gasteiger partial charge in [-0.25, -0.2) is 0 Å². The molecule has 0 fully saturated rings. The van der Waals surface area contributed by atoms with Crippen molar-refractivity contribution in [1.82, 2.24) is 0 Å². The first kappa shape index (κ1) is 12.3. The molecule has 0 N–H and O–H groups in total. The largest absolute Gasteiger partial charge is 0.261 e. The maximum Gasteiger partial charge on any atom is 0.0695 e. The number of para-hydroxylation sites is 1. The number of fused-ring (bicyclic) bond motifs is 1. The Morgan fingerprint density at radius 1 is 1.35 bits per heavy atom. The highest BCUT2D eigenvalue weighted by Crippen LogP contribution is 2.43. The number of nitrogens with zero attached hydrogens (tertiary/aromatic N) is 1. The van der Waals surface area contributed by atoms with E-state index in [-0.39, 0.29) is 5.41 Å². The van der Waals surface area contributed by atoms with Gasteiger partial charge in [0.05, 0.1) is 5.69 Å². The van der Waals surface area contributed by atoms with Crippen molar-refractivity contribution in [2.24, 2.45) is 10.9 Å². The number of benzene rings is 1. The molecule has 1 nitrogen and oxygen atoms in total. The summed E-state index contributed by atoms with van der Waals surface area (Å²) in [6.07, 6.45) is 5.49. The van der Waals surface area contributed by atoms with Crippen LogP contribution in [0.1, 0.15) is 51.7 Å². The molecule has 1 heterocycles. The summed E-state index contributed by atoms with van der Waals surface area (Å²) in [4.78, 5) is 4.64. The summed E-state index contributed by atoms with van der Waals surface area (Å²) in [5.41, 5.74) is 4.35. The fourth-order valence-corrected chi connectivity index (χ4v) is 3.06. The Hall–Kier alpha value is -1.11. The van der Waals surface area contributed by atoms with Crippen LogP contribution in [0.2, 0.25) is 0 Å². The second-order valence-corrected chi connectivity index (χ2v) is 5.84. The molecule has 1 aromatic rings. The zero-order valence-corrected chi connectivity index (χ0v) is 11.5. The smallest absolute Gasteiger partial charge is 0.0695 e. The van der Waals surface area contributed by atoms with Crippen LogP contribution in [0, 0.1) is 5.92 Å². The molecule has 17 heavy (non-hydrogen) atoms. The fourth-order valence-electron chi connectivity index (χ4n) is 3.06. The lowest BCUT2D eigenvalue weighted by atomic mass is 9.71. The maximum atomic E-state index is 4.64. The quantitative estimate of drug-likeness (QED) is 0.715. The Labute approximate surface area is 105 Å². The molecule has 1 unspecified atom stereocenters. The topological polar surface area (TPSA) is 12.4 Å². The summed E-state index contributed by atoms with van der Waals surface area (Å²) in [5.74, 6) is 0.727. The molecule has 1 atom stereocenters. The van der Waals surface area contributed by atoms with Crippen molar-refractivity contribution in [2.75, 3.05) is 0 Å². The molecular formula is C16H23N. The molecule has 1 aromatic carbocycles. The van der Waals surface area contributed by atoms with Crippen LogP contribution < -0.4 is 0 Å². The second-order valence-electron chi connectivity index (χ2n) is 5.84. The van der Waals surface area contributed by atoms with Gasteiger partial charge in [-0.05, 0) is 41.7 Å². The minimum atomic E-state index is 0.274. The van der Waals surface area contributed by atoms with Gasteiger partial charge in [-0.2, -0.15) is 0 Å². The first-order valence-corrected chi connectivity index (χ1v) is 6.71. The number of aliphatic imine (C=N–C) groups is 1. The summed E-state index contributed by atoms with van der Waals surface area (Å²) in [5, 5.41) is 0. The number of aryl methyl sites for hydroxylation is 1. The van der Waals surface area contributed by atoms with Gasteiger partial charge in [0.15, 0.2) is 0 Å². The average molecular weight is 229 g/mol. The van der Waals surface area contributed by atoms with E-state index in [0.717, 1.165) is 18.8 Å². The van der Waals surface area contributed by atoms with Gasteiger partial charge in [0.25, 0.3) is 0 Å². The average Bonchev–Trinajstić information content (AvgIpc) is 2.27. The Morgan fingerprint density at radius 3 is 2.76 bits per heavy atom. The van der Waals surface area contributed by atoms with Crippen LogP contribution in [0.5, 0.6) is 0 Å². The van der Waals surface area contributed by atoms with E-state index in [1.54, 1.807) is 0 Å². The van der Waals surface area contributed by atoms with E-state index in [2.05, 4.69) is 57.1 Å². The summed E-state index contributed by atoms with van der Waals surface area (Å²) in [7, 11) is 0. The van der Waals surface area contributed by atoms with E-state index in [1.807, 2.05) is 0 Å². The predicted molar refractivity (Wildman–Crippen MR) is 75.4 cm³/mol. The van der Waals surface area contributed by atoms with E-state index in [0.29, 0.717) is 0 Å². The Balaban J connectivity index is 2.48. The molecular weight excluding hydrogens is 206 g/mol. The van der Waals surface area contributed by atoms with Gasteiger partial charge < -0.3 is 0 Å². The second kappa shape index (κ2) is 4.64. The van der Waals surface area contributed by atoms with Crippen molar-refractivity contribution in [3.8, 4) is 0 Å². The van der Waals surface area contributed by atoms with Gasteiger partial charge in [-0.1, -0.05) is 45.9 Å². The highest BCUT2D eigenvalue weighted by Gasteiger charge is 2.31. The Morgan fingerprint density at radius 2 is 2.12 bits per heavy atom. The highest BCUT2D eigenvalue weighted by molar-refractivity contribution is 5.73. The van der Waals surface area contributed by atoms with Crippen molar-refractivity contribution in [3.05, 3.63) is 29.3 Å². The van der Waals surface area contributed by atoms with Crippen molar-refractivity contribution >= 4 is 11.9 Å². The summed E-state index contributed by atoms with van der Waals surface area (Å²) in [6, 6.07) is 6.67. The van der Waals surface area contributed by atoms with Crippen LogP contribution in [0.15, 0.2) is 23.2 Å². The van der Waals surface area contributed by atoms with E-state index < -0.39 is 0 Å². The molecule has 0 bridgehead atoms. The van der Waals surface area contributed by atoms with Gasteiger partial charge in [0.1, 0.15) is 0 Å². The first-order valence-electron chi connectivity index (χ1n) is 6.71. The number of rotatable bonds is 3. The maximum absolute atomic E-state index is 4.64. The van der Waals surface area contributed by atoms with Crippen LogP contribution in [-0.4, -0.2) is 6.21 Å². The third-order valence-corrected chi connectivity index (χ3v) is 3.77. The molecule has 1 heteroatoms. The van der Waals surface area contributed by atoms with Crippen molar-refractivity contribution in [2.45, 2.75) is 52.4 Å². The monoisotopic (exact) mass is 229 g/mol. The molecule has 1 aliphatic rings. The molecule has 0 radical (unpaired) electrons. The van der Waals surface area contributed by atoms with Crippen LogP contribution in [0.4, 0.5) is 5.69 Å². The molecule has 2 rings (SSSR count). The van der Waals surface area contributed by atoms with Crippen LogP contribution >= 0.6 is 0 Å². The molecule has 0 saturated carbocycles. The number of hydrogen-bond acceptors (Lipinski definition) is 1. The lowest BCUT2D eigenvalue weighted by Crippen LogP contribution is -2.27. The Bertz CT molecular complexity index is 431. The van der Waals surface area contributed by atoms with Crippen molar-refractivity contribution in [1.29, 1.82) is 0 Å². The summed E-state index contributed by atoms with van der Waals surface area (Å²) >= 11 is 0. The van der Waals surface area contributed by atoms with Crippen LogP contribution in [0.25, 0.3) is 0 Å². The molecule has 0 saturated heterocycles. The normalized spacial score (nSPS) is 22.9. The van der Waals surface area contributed by atoms with E-state index in [1.165, 1.54) is 23.2 Å². The summed E-state index contributed by atoms with van der Waals surface area (Å²) in [6.45, 7) is 9.21. The Kier molecular flexibility index (Phi) is 3.37. The standard InChI is InChI=1S/C16H23N/c1-5-13-7-6-8-14-15(13)17-10-9-16(14,4)11-12(2)3/h6-8,10,12H,5,9,11H2,1-4H3. The van der Waals surface area contributed by atoms with Crippen LogP contribution in [-0.2, 0) is 11.8 Å². The SMILES string of the molecule is CCc1cccc2c1N=CCC2(C)CC(C)C. The van der Waals surface area contributed by atoms with Crippen LogP contribution in [0.3, 0.4) is 0 Å². The van der Waals surface area contributed by atoms with E-state index in [9.17, 15) is 0 Å². The minimum Gasteiger partial charge on any atom is -0.261 e. The molecule has 92 valence electrons. The van der Waals surface area contributed by atoms with Gasteiger partial charge in [-0.15, -0.1) is 0 Å². The fraction of sp³-hybridized carbons (Fsp3) is 0.562. The van der Waals surface area contributed by atoms with E-state index >= 15 is 0 Å². The van der Waals surface area contributed by atoms with Gasteiger partial charge in [0.2, 0.25) is 0 Å². The lowest BCUT2D eigenvalue weighted by molar-refractivity contribution is 0.379. The predicted octanol–water partition coefficient (Wildman–Crippen LogP) is 4.66. The lowest BCUT2D eigenvalue weighted by Gasteiger charge is -2.35. The molecule has 1 aliphatic heterocycles. The summed E-state index contributed by atoms with van der Waals surface area (Å²) < 4.78 is 0. The zero-order chi connectivity index (χ0) is 12.5. The highest BCUT2D eigenvalue weighted by atomic mass is 14.8. The zero-order valence-electron chi connectivity index (χ0n) is 11.5. The third-order valence-electron chi connectivity index (χ3n) is 3.77. The molecule has 0 aromatic heterocycles. The van der Waals surface area contributed by atoms with Crippen molar-refractivity contribution in [3.63, 3.8) is 0 Å². The first-order chi connectivity index (χ1) is 8.07. The van der Waals surface area contributed by atoms with Gasteiger partial charge in [-0.3, -0.25) is 4.99 Å². The van der Waals surface area contributed by atoms with Crippen molar-refractivity contribution < 1.29 is 0 Å². The third kappa shape index (κ3) is 2.29. The molecule has 0 spiro atoms. The van der Waals surface area contributed by atoms with Gasteiger partial charge >= 0.3 is 0 Å². The molecule has 0 amide bonds. The number of hydrogen-bond donors (Lipinski definition) is 0. The van der Waals surface area contributed by atoms with E-state index in [4.69, 9.17) is 0 Å². The minimum absolute atomic E-state index is 0.274.